The first kappa shape index (κ1) is 21.1. The van der Waals surface area contributed by atoms with E-state index < -0.39 is 12.1 Å². The number of alkyl halides is 3. The molecule has 1 N–H and O–H groups in total. The van der Waals surface area contributed by atoms with Crippen LogP contribution in [0.1, 0.15) is 24.8 Å². The molecule has 3 rings (SSSR count). The summed E-state index contributed by atoms with van der Waals surface area (Å²) in [4.78, 5) is 19.5. The lowest BCUT2D eigenvalue weighted by Crippen LogP contribution is -2.11. The molecule has 0 fully saturated rings. The SMILES string of the molecule is CCC(=O)Nc1ccc(-c2noc(C(F)(F)F)n2)c(-c2ncc(Cl)cc2Cl)c1C. The van der Waals surface area contributed by atoms with Crippen molar-refractivity contribution in [2.75, 3.05) is 5.32 Å². The minimum Gasteiger partial charge on any atom is -0.329 e. The van der Waals surface area contributed by atoms with E-state index in [1.54, 1.807) is 13.8 Å². The third-order valence-electron chi connectivity index (χ3n) is 4.01. The highest BCUT2D eigenvalue weighted by Gasteiger charge is 2.39. The van der Waals surface area contributed by atoms with E-state index in [1.807, 2.05) is 0 Å². The first-order valence-electron chi connectivity index (χ1n) is 8.28. The average molecular weight is 445 g/mol. The highest BCUT2D eigenvalue weighted by atomic mass is 35.5. The van der Waals surface area contributed by atoms with Gasteiger partial charge in [0.05, 0.1) is 15.7 Å². The molecule has 1 amide bonds. The molecule has 0 aliphatic carbocycles. The molecule has 11 heteroatoms. The molecular weight excluding hydrogens is 432 g/mol. The molecule has 2 aromatic heterocycles. The van der Waals surface area contributed by atoms with Crippen LogP contribution in [0.2, 0.25) is 10.0 Å². The van der Waals surface area contributed by atoms with Gasteiger partial charge in [-0.3, -0.25) is 9.78 Å². The molecule has 0 aliphatic rings. The fraction of sp³-hybridized carbons (Fsp3) is 0.222. The summed E-state index contributed by atoms with van der Waals surface area (Å²) >= 11 is 12.2. The number of carbonyl (C=O) groups is 1. The normalized spacial score (nSPS) is 11.6. The van der Waals surface area contributed by atoms with Gasteiger partial charge in [0.15, 0.2) is 0 Å². The van der Waals surface area contributed by atoms with Crippen LogP contribution >= 0.6 is 23.2 Å². The zero-order valence-corrected chi connectivity index (χ0v) is 16.6. The number of nitrogens with zero attached hydrogens (tertiary/aromatic N) is 3. The van der Waals surface area contributed by atoms with Gasteiger partial charge in [-0.25, -0.2) is 0 Å². The lowest BCUT2D eigenvalue weighted by atomic mass is 9.96. The topological polar surface area (TPSA) is 80.9 Å². The number of pyridine rings is 1. The third-order valence-corrected chi connectivity index (χ3v) is 4.51. The molecule has 0 saturated heterocycles. The van der Waals surface area contributed by atoms with Gasteiger partial charge in [0, 0.05) is 29.4 Å². The van der Waals surface area contributed by atoms with Crippen LogP contribution in [0.5, 0.6) is 0 Å². The summed E-state index contributed by atoms with van der Waals surface area (Å²) in [5.74, 6) is -2.01. The van der Waals surface area contributed by atoms with Gasteiger partial charge in [0.1, 0.15) is 0 Å². The molecule has 0 radical (unpaired) electrons. The maximum atomic E-state index is 12.9. The minimum atomic E-state index is -4.79. The second kappa shape index (κ2) is 8.00. The summed E-state index contributed by atoms with van der Waals surface area (Å²) in [6.07, 6.45) is -3.19. The van der Waals surface area contributed by atoms with Crippen LogP contribution in [0.15, 0.2) is 28.9 Å². The number of halogens is 5. The van der Waals surface area contributed by atoms with Gasteiger partial charge >= 0.3 is 12.1 Å². The van der Waals surface area contributed by atoms with Crippen molar-refractivity contribution in [3.8, 4) is 22.6 Å². The molecule has 152 valence electrons. The van der Waals surface area contributed by atoms with Crippen LogP contribution in [0.4, 0.5) is 18.9 Å². The molecule has 0 spiro atoms. The van der Waals surface area contributed by atoms with Crippen molar-refractivity contribution < 1.29 is 22.5 Å². The summed E-state index contributed by atoms with van der Waals surface area (Å²) in [5, 5.41) is 6.62. The van der Waals surface area contributed by atoms with Crippen molar-refractivity contribution in [1.82, 2.24) is 15.1 Å². The van der Waals surface area contributed by atoms with E-state index in [2.05, 4.69) is 25.0 Å². The van der Waals surface area contributed by atoms with Crippen molar-refractivity contribution in [3.63, 3.8) is 0 Å². The fourth-order valence-corrected chi connectivity index (χ4v) is 3.10. The largest absolute Gasteiger partial charge is 0.471 e. The highest BCUT2D eigenvalue weighted by Crippen LogP contribution is 2.40. The molecule has 6 nitrogen and oxygen atoms in total. The number of amides is 1. The smallest absolute Gasteiger partial charge is 0.329 e. The number of carbonyl (C=O) groups excluding carboxylic acids is 1. The Labute approximate surface area is 173 Å². The van der Waals surface area contributed by atoms with E-state index in [1.165, 1.54) is 24.4 Å². The van der Waals surface area contributed by atoms with Gasteiger partial charge in [-0.2, -0.15) is 18.2 Å². The first-order chi connectivity index (χ1) is 13.6. The van der Waals surface area contributed by atoms with E-state index in [0.29, 0.717) is 16.8 Å². The molecule has 0 saturated carbocycles. The van der Waals surface area contributed by atoms with E-state index in [4.69, 9.17) is 23.2 Å². The molecule has 29 heavy (non-hydrogen) atoms. The Kier molecular flexibility index (Phi) is 5.81. The molecule has 2 heterocycles. The number of benzene rings is 1. The molecule has 0 atom stereocenters. The van der Waals surface area contributed by atoms with Crippen LogP contribution in [0.25, 0.3) is 22.6 Å². The third kappa shape index (κ3) is 4.35. The summed E-state index contributed by atoms with van der Waals surface area (Å²) in [5.41, 5.74) is 1.75. The van der Waals surface area contributed by atoms with Crippen molar-refractivity contribution in [3.05, 3.63) is 45.9 Å². The number of rotatable bonds is 4. The lowest BCUT2D eigenvalue weighted by Gasteiger charge is -2.16. The molecular formula is C18H13Cl2F3N4O2. The fourth-order valence-electron chi connectivity index (χ4n) is 2.62. The molecule has 0 unspecified atom stereocenters. The standard InChI is InChI=1S/C18H13Cl2F3N4O2/c1-3-13(28)25-12-5-4-10(16-26-17(29-27-16)18(21,22)23)14(8(12)2)15-11(20)6-9(19)7-24-15/h4-7H,3H2,1-2H3,(H,25,28). The Morgan fingerprint density at radius 2 is 2.00 bits per heavy atom. The predicted octanol–water partition coefficient (Wildman–Crippen LogP) is 5.78. The second-order valence-corrected chi connectivity index (χ2v) is 6.81. The number of hydrogen-bond donors (Lipinski definition) is 1. The van der Waals surface area contributed by atoms with Crippen molar-refractivity contribution in [2.24, 2.45) is 0 Å². The van der Waals surface area contributed by atoms with Gasteiger partial charge in [-0.15, -0.1) is 0 Å². The van der Waals surface area contributed by atoms with Crippen molar-refractivity contribution >= 4 is 34.8 Å². The highest BCUT2D eigenvalue weighted by molar-refractivity contribution is 6.36. The predicted molar refractivity (Wildman–Crippen MR) is 102 cm³/mol. The van der Waals surface area contributed by atoms with Crippen LogP contribution < -0.4 is 5.32 Å². The monoisotopic (exact) mass is 444 g/mol. The quantitative estimate of drug-likeness (QED) is 0.551. The van der Waals surface area contributed by atoms with Gasteiger partial charge in [0.25, 0.3) is 0 Å². The molecule has 0 bridgehead atoms. The van der Waals surface area contributed by atoms with Crippen LogP contribution in [-0.4, -0.2) is 21.0 Å². The van der Waals surface area contributed by atoms with Gasteiger partial charge in [-0.05, 0) is 30.7 Å². The zero-order valence-electron chi connectivity index (χ0n) is 15.1. The Morgan fingerprint density at radius 3 is 2.59 bits per heavy atom. The number of hydrogen-bond acceptors (Lipinski definition) is 5. The Hall–Kier alpha value is -2.65. The number of anilines is 1. The van der Waals surface area contributed by atoms with Gasteiger partial charge in [-0.1, -0.05) is 35.3 Å². The Bertz CT molecular complexity index is 1080. The van der Waals surface area contributed by atoms with Crippen molar-refractivity contribution in [1.29, 1.82) is 0 Å². The Morgan fingerprint density at radius 1 is 1.28 bits per heavy atom. The Balaban J connectivity index is 2.24. The first-order valence-corrected chi connectivity index (χ1v) is 9.03. The summed E-state index contributed by atoms with van der Waals surface area (Å²) in [6, 6.07) is 4.45. The molecule has 3 aromatic rings. The summed E-state index contributed by atoms with van der Waals surface area (Å²) in [7, 11) is 0. The van der Waals surface area contributed by atoms with Crippen LogP contribution in [-0.2, 0) is 11.0 Å². The van der Waals surface area contributed by atoms with Crippen LogP contribution in [0, 0.1) is 6.92 Å². The van der Waals surface area contributed by atoms with Crippen LogP contribution in [0.3, 0.4) is 0 Å². The van der Waals surface area contributed by atoms with E-state index in [-0.39, 0.29) is 39.5 Å². The lowest BCUT2D eigenvalue weighted by molar-refractivity contribution is -0.159. The van der Waals surface area contributed by atoms with Gasteiger partial charge in [0.2, 0.25) is 11.7 Å². The van der Waals surface area contributed by atoms with Gasteiger partial charge < -0.3 is 9.84 Å². The molecule has 1 aromatic carbocycles. The number of aromatic nitrogens is 3. The summed E-state index contributed by atoms with van der Waals surface area (Å²) in [6.45, 7) is 3.36. The maximum Gasteiger partial charge on any atom is 0.471 e. The molecule has 0 aliphatic heterocycles. The average Bonchev–Trinajstić information content (AvgIpc) is 3.14. The minimum absolute atomic E-state index is 0.167. The van der Waals surface area contributed by atoms with E-state index >= 15 is 0 Å². The number of nitrogens with one attached hydrogen (secondary N) is 1. The second-order valence-electron chi connectivity index (χ2n) is 5.97. The van der Waals surface area contributed by atoms with E-state index in [9.17, 15) is 18.0 Å². The van der Waals surface area contributed by atoms with Crippen molar-refractivity contribution in [2.45, 2.75) is 26.4 Å². The summed E-state index contributed by atoms with van der Waals surface area (Å²) < 4.78 is 43.0. The van der Waals surface area contributed by atoms with E-state index in [0.717, 1.165) is 0 Å². The maximum absolute atomic E-state index is 12.9. The zero-order chi connectivity index (χ0) is 21.3.